The van der Waals surface area contributed by atoms with E-state index in [1.807, 2.05) is 13.8 Å². The lowest BCUT2D eigenvalue weighted by Gasteiger charge is -2.09. The molecule has 0 unspecified atom stereocenters. The molecule has 21 heavy (non-hydrogen) atoms. The van der Waals surface area contributed by atoms with E-state index in [0.717, 1.165) is 9.75 Å². The van der Waals surface area contributed by atoms with Crippen LogP contribution in [0.4, 0.5) is 15.8 Å². The summed E-state index contributed by atoms with van der Waals surface area (Å²) in [6.07, 6.45) is 0. The highest BCUT2D eigenvalue weighted by atomic mass is 32.1. The molecule has 0 saturated carbocycles. The summed E-state index contributed by atoms with van der Waals surface area (Å²) < 4.78 is 13.8. The molecular formula is C15H15FN2O2S. The second-order valence-corrected chi connectivity index (χ2v) is 6.12. The van der Waals surface area contributed by atoms with E-state index in [1.165, 1.54) is 36.5 Å². The van der Waals surface area contributed by atoms with E-state index in [2.05, 4.69) is 10.6 Å². The van der Waals surface area contributed by atoms with Crippen molar-refractivity contribution in [2.45, 2.75) is 20.8 Å². The number of hydrogen-bond acceptors (Lipinski definition) is 3. The number of carbonyl (C=O) groups is 2. The fourth-order valence-electron chi connectivity index (χ4n) is 1.95. The van der Waals surface area contributed by atoms with Gasteiger partial charge in [-0.3, -0.25) is 9.59 Å². The van der Waals surface area contributed by atoms with E-state index in [0.29, 0.717) is 11.3 Å². The van der Waals surface area contributed by atoms with E-state index < -0.39 is 5.82 Å². The van der Waals surface area contributed by atoms with Gasteiger partial charge in [-0.1, -0.05) is 0 Å². The van der Waals surface area contributed by atoms with Gasteiger partial charge in [-0.2, -0.15) is 0 Å². The smallest absolute Gasteiger partial charge is 0.256 e. The highest BCUT2D eigenvalue weighted by molar-refractivity contribution is 7.12. The van der Waals surface area contributed by atoms with Crippen LogP contribution in [-0.4, -0.2) is 11.8 Å². The van der Waals surface area contributed by atoms with E-state index in [-0.39, 0.29) is 17.5 Å². The van der Waals surface area contributed by atoms with Crippen molar-refractivity contribution in [3.8, 4) is 0 Å². The van der Waals surface area contributed by atoms with Crippen LogP contribution in [0.2, 0.25) is 0 Å². The van der Waals surface area contributed by atoms with Gasteiger partial charge in [0, 0.05) is 22.4 Å². The first-order valence-electron chi connectivity index (χ1n) is 6.32. The molecule has 0 bridgehead atoms. The lowest BCUT2D eigenvalue weighted by molar-refractivity contribution is -0.114. The molecule has 0 aliphatic heterocycles. The second kappa shape index (κ2) is 6.05. The summed E-state index contributed by atoms with van der Waals surface area (Å²) in [6.45, 7) is 5.11. The van der Waals surface area contributed by atoms with Crippen LogP contribution in [0.5, 0.6) is 0 Å². The minimum absolute atomic E-state index is 0.0366. The van der Waals surface area contributed by atoms with Gasteiger partial charge in [0.2, 0.25) is 5.91 Å². The Labute approximate surface area is 126 Å². The van der Waals surface area contributed by atoms with E-state index >= 15 is 0 Å². The first kappa shape index (κ1) is 15.2. The minimum atomic E-state index is -0.554. The highest BCUT2D eigenvalue weighted by Crippen LogP contribution is 2.24. The Morgan fingerprint density at radius 1 is 1.14 bits per heavy atom. The fraction of sp³-hybridized carbons (Fsp3) is 0.200. The maximum atomic E-state index is 13.8. The Balaban J connectivity index is 2.24. The largest absolute Gasteiger partial charge is 0.326 e. The minimum Gasteiger partial charge on any atom is -0.326 e. The number of carbonyl (C=O) groups excluding carboxylic acids is 2. The number of thiophene rings is 1. The molecule has 0 fully saturated rings. The van der Waals surface area contributed by atoms with E-state index in [9.17, 15) is 14.0 Å². The average molecular weight is 306 g/mol. The third-order valence-electron chi connectivity index (χ3n) is 2.82. The molecule has 0 saturated heterocycles. The fourth-order valence-corrected chi connectivity index (χ4v) is 2.87. The maximum absolute atomic E-state index is 13.8. The van der Waals surface area contributed by atoms with Gasteiger partial charge in [-0.15, -0.1) is 11.3 Å². The van der Waals surface area contributed by atoms with Crippen LogP contribution >= 0.6 is 11.3 Å². The summed E-state index contributed by atoms with van der Waals surface area (Å²) in [4.78, 5) is 25.1. The number of anilines is 2. The molecule has 1 aromatic heterocycles. The summed E-state index contributed by atoms with van der Waals surface area (Å²) in [5.74, 6) is -1.18. The molecule has 4 nitrogen and oxygen atoms in total. The van der Waals surface area contributed by atoms with Crippen molar-refractivity contribution in [1.82, 2.24) is 0 Å². The van der Waals surface area contributed by atoms with Gasteiger partial charge >= 0.3 is 0 Å². The quantitative estimate of drug-likeness (QED) is 0.908. The van der Waals surface area contributed by atoms with Crippen molar-refractivity contribution in [1.29, 1.82) is 0 Å². The molecule has 0 atom stereocenters. The summed E-state index contributed by atoms with van der Waals surface area (Å²) in [5, 5.41) is 5.08. The third-order valence-corrected chi connectivity index (χ3v) is 3.79. The Kier molecular flexibility index (Phi) is 4.37. The van der Waals surface area contributed by atoms with E-state index in [1.54, 1.807) is 6.07 Å². The van der Waals surface area contributed by atoms with Gasteiger partial charge in [-0.05, 0) is 38.1 Å². The monoisotopic (exact) mass is 306 g/mol. The molecular weight excluding hydrogens is 291 g/mol. The zero-order valence-corrected chi connectivity index (χ0v) is 12.7. The van der Waals surface area contributed by atoms with Crippen LogP contribution in [0.15, 0.2) is 24.3 Å². The van der Waals surface area contributed by atoms with Gasteiger partial charge in [0.1, 0.15) is 5.82 Å². The first-order chi connectivity index (χ1) is 9.86. The Morgan fingerprint density at radius 2 is 1.86 bits per heavy atom. The van der Waals surface area contributed by atoms with Crippen LogP contribution < -0.4 is 10.6 Å². The number of nitrogens with one attached hydrogen (secondary N) is 2. The maximum Gasteiger partial charge on any atom is 0.256 e. The van der Waals surface area contributed by atoms with Crippen LogP contribution in [0.1, 0.15) is 27.0 Å². The molecule has 0 radical (unpaired) electrons. The zero-order valence-electron chi connectivity index (χ0n) is 11.9. The van der Waals surface area contributed by atoms with E-state index in [4.69, 9.17) is 0 Å². The molecule has 6 heteroatoms. The topological polar surface area (TPSA) is 58.2 Å². The summed E-state index contributed by atoms with van der Waals surface area (Å²) in [5.41, 5.74) is 0.994. The molecule has 2 amide bonds. The predicted octanol–water partition coefficient (Wildman–Crippen LogP) is 3.71. The summed E-state index contributed by atoms with van der Waals surface area (Å²) >= 11 is 1.51. The first-order valence-corrected chi connectivity index (χ1v) is 7.14. The molecule has 2 rings (SSSR count). The van der Waals surface area contributed by atoms with Crippen LogP contribution in [0.25, 0.3) is 0 Å². The van der Waals surface area contributed by atoms with Crippen LogP contribution in [0, 0.1) is 19.7 Å². The Bertz CT molecular complexity index is 710. The van der Waals surface area contributed by atoms with Gasteiger partial charge in [0.05, 0.1) is 11.3 Å². The lowest BCUT2D eigenvalue weighted by atomic mass is 10.2. The highest BCUT2D eigenvalue weighted by Gasteiger charge is 2.14. The zero-order chi connectivity index (χ0) is 15.6. The number of amides is 2. The number of halogens is 1. The van der Waals surface area contributed by atoms with Crippen LogP contribution in [0.3, 0.4) is 0 Å². The Morgan fingerprint density at radius 3 is 2.43 bits per heavy atom. The van der Waals surface area contributed by atoms with Gasteiger partial charge in [0.15, 0.2) is 0 Å². The van der Waals surface area contributed by atoms with Crippen molar-refractivity contribution in [3.63, 3.8) is 0 Å². The standard InChI is InChI=1S/C15H15FN2O2S/c1-8-6-12(9(2)21-8)15(20)18-14-7-11(17-10(3)19)4-5-13(14)16/h4-7H,1-3H3,(H,17,19)(H,18,20). The molecule has 0 spiro atoms. The third kappa shape index (κ3) is 3.66. The number of benzene rings is 1. The second-order valence-electron chi connectivity index (χ2n) is 4.66. The average Bonchev–Trinajstić information content (AvgIpc) is 2.72. The lowest BCUT2D eigenvalue weighted by Crippen LogP contribution is -2.14. The molecule has 0 aliphatic carbocycles. The molecule has 2 N–H and O–H groups in total. The molecule has 110 valence electrons. The normalized spacial score (nSPS) is 10.3. The molecule has 1 heterocycles. The number of rotatable bonds is 3. The summed E-state index contributed by atoms with van der Waals surface area (Å²) in [7, 11) is 0. The SMILES string of the molecule is CC(=O)Nc1ccc(F)c(NC(=O)c2cc(C)sc2C)c1. The number of hydrogen-bond donors (Lipinski definition) is 2. The molecule has 1 aromatic carbocycles. The number of aryl methyl sites for hydroxylation is 2. The molecule has 0 aliphatic rings. The van der Waals surface area contributed by atoms with Crippen molar-refractivity contribution in [3.05, 3.63) is 45.4 Å². The predicted molar refractivity (Wildman–Crippen MR) is 82.4 cm³/mol. The van der Waals surface area contributed by atoms with Crippen LogP contribution in [-0.2, 0) is 4.79 Å². The Hall–Kier alpha value is -2.21. The summed E-state index contributed by atoms with van der Waals surface area (Å²) in [6, 6.07) is 5.80. The van der Waals surface area contributed by atoms with Crippen molar-refractivity contribution in [2.75, 3.05) is 10.6 Å². The van der Waals surface area contributed by atoms with Gasteiger partial charge < -0.3 is 10.6 Å². The molecule has 2 aromatic rings. The van der Waals surface area contributed by atoms with Crippen molar-refractivity contribution in [2.24, 2.45) is 0 Å². The van der Waals surface area contributed by atoms with Gasteiger partial charge in [0.25, 0.3) is 5.91 Å². The van der Waals surface area contributed by atoms with Crippen molar-refractivity contribution < 1.29 is 14.0 Å². The van der Waals surface area contributed by atoms with Crippen molar-refractivity contribution >= 4 is 34.5 Å². The van der Waals surface area contributed by atoms with Gasteiger partial charge in [-0.25, -0.2) is 4.39 Å².